The van der Waals surface area contributed by atoms with Crippen LogP contribution in [0.3, 0.4) is 0 Å². The lowest BCUT2D eigenvalue weighted by Crippen LogP contribution is -2.47. The lowest BCUT2D eigenvalue weighted by Gasteiger charge is -2.28. The first-order valence-electron chi connectivity index (χ1n) is 11.2. The molecule has 4 rings (SSSR count). The summed E-state index contributed by atoms with van der Waals surface area (Å²) in [5.74, 6) is -3.78. The summed E-state index contributed by atoms with van der Waals surface area (Å²) < 4.78 is 0.894. The van der Waals surface area contributed by atoms with E-state index in [0.29, 0.717) is 25.8 Å². The number of halogens is 3. The molecule has 0 saturated carbocycles. The topological polar surface area (TPSA) is 150 Å². The molecule has 2 aliphatic heterocycles. The Morgan fingerprint density at radius 1 is 1.14 bits per heavy atom. The maximum Gasteiger partial charge on any atom is 0.332 e. The second-order valence-electron chi connectivity index (χ2n) is 8.83. The summed E-state index contributed by atoms with van der Waals surface area (Å²) in [5, 5.41) is 11.0. The van der Waals surface area contributed by atoms with Crippen molar-refractivity contribution in [2.24, 2.45) is 5.73 Å². The Labute approximate surface area is 229 Å². The molecule has 2 saturated heterocycles. The van der Waals surface area contributed by atoms with Crippen molar-refractivity contribution in [3.05, 3.63) is 62.0 Å². The van der Waals surface area contributed by atoms with Crippen LogP contribution in [0.25, 0.3) is 0 Å². The number of carbonyl (C=O) groups is 5. The molecule has 0 aliphatic carbocycles. The standard InChI is InChI=1S/C24H21BrCl2N4O6/c25-13-4-2-12(3-5-13)11-24-6-1-7-30(24)23(37)31(22(24)36)14-8-15(26)19(16(27)9-14)20(33)29-17(21(34)35)10-18(28)32/h2-5,8-9,17H,1,6-7,10-11H2,(H2,28,32)(H,29,33)(H,34,35)/t17-,24?/m0/s1. The number of aliphatic carboxylic acids is 1. The minimum absolute atomic E-state index is 0.0815. The molecule has 2 aromatic rings. The molecular weight excluding hydrogens is 591 g/mol. The average molecular weight is 612 g/mol. The Balaban J connectivity index is 1.63. The summed E-state index contributed by atoms with van der Waals surface area (Å²) in [5.41, 5.74) is 4.70. The van der Waals surface area contributed by atoms with Gasteiger partial charge in [-0.05, 0) is 42.7 Å². The summed E-state index contributed by atoms with van der Waals surface area (Å²) in [6, 6.07) is 7.90. The Hall–Kier alpha value is -3.15. The number of hydrogen-bond acceptors (Lipinski definition) is 5. The van der Waals surface area contributed by atoms with Gasteiger partial charge in [0.25, 0.3) is 11.8 Å². The third-order valence-electron chi connectivity index (χ3n) is 6.44. The number of amides is 5. The summed E-state index contributed by atoms with van der Waals surface area (Å²) >= 11 is 16.0. The third-order valence-corrected chi connectivity index (χ3v) is 7.57. The van der Waals surface area contributed by atoms with Crippen molar-refractivity contribution in [2.45, 2.75) is 37.3 Å². The number of hydrogen-bond donors (Lipinski definition) is 3. The van der Waals surface area contributed by atoms with E-state index in [0.717, 1.165) is 14.9 Å². The Kier molecular flexibility index (Phi) is 7.50. The molecule has 2 fully saturated rings. The number of anilines is 1. The quantitative estimate of drug-likeness (QED) is 0.390. The number of fused-ring (bicyclic) bond motifs is 1. The third kappa shape index (κ3) is 5.03. The van der Waals surface area contributed by atoms with Gasteiger partial charge < -0.3 is 21.1 Å². The van der Waals surface area contributed by atoms with Gasteiger partial charge in [0.05, 0.1) is 27.7 Å². The number of imide groups is 1. The zero-order valence-corrected chi connectivity index (χ0v) is 22.3. The van der Waals surface area contributed by atoms with E-state index in [1.54, 1.807) is 4.90 Å². The molecule has 5 amide bonds. The van der Waals surface area contributed by atoms with Gasteiger partial charge in [0, 0.05) is 17.4 Å². The molecule has 2 heterocycles. The predicted molar refractivity (Wildman–Crippen MR) is 139 cm³/mol. The van der Waals surface area contributed by atoms with E-state index in [1.165, 1.54) is 12.1 Å². The van der Waals surface area contributed by atoms with E-state index in [-0.39, 0.29) is 21.3 Å². The number of nitrogens with zero attached hydrogens (tertiary/aromatic N) is 2. The second-order valence-corrected chi connectivity index (χ2v) is 10.6. The first-order valence-corrected chi connectivity index (χ1v) is 12.7. The average Bonchev–Trinajstić information content (AvgIpc) is 3.31. The Bertz CT molecular complexity index is 1300. The molecule has 2 aliphatic rings. The number of carboxylic acids is 1. The predicted octanol–water partition coefficient (Wildman–Crippen LogP) is 3.36. The van der Waals surface area contributed by atoms with E-state index in [1.807, 2.05) is 24.3 Å². The van der Waals surface area contributed by atoms with Crippen molar-refractivity contribution >= 4 is 74.5 Å². The van der Waals surface area contributed by atoms with Gasteiger partial charge in [-0.2, -0.15) is 0 Å². The number of urea groups is 1. The van der Waals surface area contributed by atoms with Crippen molar-refractivity contribution in [3.8, 4) is 0 Å². The lowest BCUT2D eigenvalue weighted by molar-refractivity contribution is -0.141. The highest BCUT2D eigenvalue weighted by Gasteiger charge is 2.59. The monoisotopic (exact) mass is 610 g/mol. The molecular formula is C24H21BrCl2N4O6. The molecule has 0 radical (unpaired) electrons. The normalized spacial score (nSPS) is 19.6. The van der Waals surface area contributed by atoms with Crippen LogP contribution < -0.4 is 16.0 Å². The van der Waals surface area contributed by atoms with Crippen LogP contribution in [0, 0.1) is 0 Å². The van der Waals surface area contributed by atoms with Gasteiger partial charge in [0.15, 0.2) is 0 Å². The van der Waals surface area contributed by atoms with E-state index >= 15 is 0 Å². The van der Waals surface area contributed by atoms with Crippen LogP contribution in [-0.2, 0) is 20.8 Å². The van der Waals surface area contributed by atoms with Crippen LogP contribution >= 0.6 is 39.1 Å². The minimum Gasteiger partial charge on any atom is -0.480 e. The van der Waals surface area contributed by atoms with E-state index in [9.17, 15) is 29.1 Å². The second kappa shape index (κ2) is 10.3. The largest absolute Gasteiger partial charge is 0.480 e. The van der Waals surface area contributed by atoms with E-state index in [4.69, 9.17) is 28.9 Å². The summed E-state index contributed by atoms with van der Waals surface area (Å²) in [6.07, 6.45) is 0.863. The molecule has 2 atom stereocenters. The summed E-state index contributed by atoms with van der Waals surface area (Å²) in [6.45, 7) is 0.413. The maximum absolute atomic E-state index is 13.7. The molecule has 0 aromatic heterocycles. The number of carboxylic acid groups (broad SMARTS) is 1. The van der Waals surface area contributed by atoms with Crippen LogP contribution in [-0.4, -0.2) is 57.9 Å². The molecule has 37 heavy (non-hydrogen) atoms. The molecule has 13 heteroatoms. The van der Waals surface area contributed by atoms with Crippen LogP contribution in [0.4, 0.5) is 10.5 Å². The highest BCUT2D eigenvalue weighted by atomic mass is 79.9. The number of rotatable bonds is 8. The maximum atomic E-state index is 13.7. The Morgan fingerprint density at radius 3 is 2.32 bits per heavy atom. The number of carbonyl (C=O) groups excluding carboxylic acids is 4. The minimum atomic E-state index is -1.59. The van der Waals surface area contributed by atoms with Crippen LogP contribution in [0.15, 0.2) is 40.9 Å². The molecule has 1 unspecified atom stereocenters. The first kappa shape index (κ1) is 26.9. The summed E-state index contributed by atoms with van der Waals surface area (Å²) in [4.78, 5) is 64.9. The number of nitrogens with one attached hydrogen (secondary N) is 1. The molecule has 2 aromatic carbocycles. The molecule has 194 valence electrons. The smallest absolute Gasteiger partial charge is 0.332 e. The SMILES string of the molecule is NC(=O)C[C@H](NC(=O)c1c(Cl)cc(N2C(=O)N3CCCC3(Cc3ccc(Br)cc3)C2=O)cc1Cl)C(=O)O. The summed E-state index contributed by atoms with van der Waals surface area (Å²) in [7, 11) is 0. The highest BCUT2D eigenvalue weighted by Crippen LogP contribution is 2.43. The fourth-order valence-electron chi connectivity index (χ4n) is 4.76. The van der Waals surface area contributed by atoms with Gasteiger partial charge in [-0.25, -0.2) is 14.5 Å². The highest BCUT2D eigenvalue weighted by molar-refractivity contribution is 9.10. The van der Waals surface area contributed by atoms with Crippen LogP contribution in [0.5, 0.6) is 0 Å². The van der Waals surface area contributed by atoms with Crippen molar-refractivity contribution < 1.29 is 29.1 Å². The van der Waals surface area contributed by atoms with Crippen molar-refractivity contribution in [2.75, 3.05) is 11.4 Å². The number of primary amides is 1. The van der Waals surface area contributed by atoms with Gasteiger partial charge >= 0.3 is 12.0 Å². The van der Waals surface area contributed by atoms with Gasteiger partial charge in [0.1, 0.15) is 11.6 Å². The lowest BCUT2D eigenvalue weighted by atomic mass is 9.88. The molecule has 0 bridgehead atoms. The van der Waals surface area contributed by atoms with Crippen LogP contribution in [0.2, 0.25) is 10.0 Å². The number of nitrogens with two attached hydrogens (primary N) is 1. The number of benzene rings is 2. The van der Waals surface area contributed by atoms with Gasteiger partial charge in [-0.3, -0.25) is 14.4 Å². The van der Waals surface area contributed by atoms with Gasteiger partial charge in [0.2, 0.25) is 5.91 Å². The molecule has 10 nitrogen and oxygen atoms in total. The fourth-order valence-corrected chi connectivity index (χ4v) is 5.67. The van der Waals surface area contributed by atoms with E-state index < -0.39 is 47.7 Å². The molecule has 4 N–H and O–H groups in total. The van der Waals surface area contributed by atoms with Crippen molar-refractivity contribution in [3.63, 3.8) is 0 Å². The zero-order chi connectivity index (χ0) is 27.1. The van der Waals surface area contributed by atoms with Gasteiger partial charge in [-0.15, -0.1) is 0 Å². The first-order chi connectivity index (χ1) is 17.4. The van der Waals surface area contributed by atoms with Crippen molar-refractivity contribution in [1.29, 1.82) is 0 Å². The van der Waals surface area contributed by atoms with E-state index in [2.05, 4.69) is 21.2 Å². The van der Waals surface area contributed by atoms with Crippen LogP contribution in [0.1, 0.15) is 35.2 Å². The Morgan fingerprint density at radius 2 is 1.76 bits per heavy atom. The zero-order valence-electron chi connectivity index (χ0n) is 19.2. The van der Waals surface area contributed by atoms with Gasteiger partial charge in [-0.1, -0.05) is 51.3 Å². The molecule has 0 spiro atoms. The fraction of sp³-hybridized carbons (Fsp3) is 0.292. The van der Waals surface area contributed by atoms with Crippen molar-refractivity contribution in [1.82, 2.24) is 10.2 Å².